The molecule has 4 nitrogen and oxygen atoms in total. The van der Waals surface area contributed by atoms with Crippen LogP contribution < -0.4 is 15.0 Å². The number of carbonyl (C=O) groups excluding carboxylic acids is 1. The van der Waals surface area contributed by atoms with E-state index in [4.69, 9.17) is 16.3 Å². The fourth-order valence-corrected chi connectivity index (χ4v) is 3.35. The summed E-state index contributed by atoms with van der Waals surface area (Å²) in [5.41, 5.74) is 0.877. The maximum absolute atomic E-state index is 12.9. The standard InChI is InChI=1S/C22H27ClN2O2/c1-16-12-14-25(15-13-16)20-7-5-4-6-19(20)24-21(26)22(2,3)27-18-10-8-17(23)9-11-18/h4-11,16H,12-15H2,1-3H3,(H,24,26). The van der Waals surface area contributed by atoms with E-state index in [-0.39, 0.29) is 5.91 Å². The first-order valence-electron chi connectivity index (χ1n) is 9.45. The highest BCUT2D eigenvalue weighted by Gasteiger charge is 2.31. The molecule has 1 aliphatic rings. The van der Waals surface area contributed by atoms with Crippen molar-refractivity contribution in [2.24, 2.45) is 5.92 Å². The van der Waals surface area contributed by atoms with E-state index in [2.05, 4.69) is 23.2 Å². The molecule has 0 unspecified atom stereocenters. The Hall–Kier alpha value is -2.20. The van der Waals surface area contributed by atoms with Gasteiger partial charge in [0, 0.05) is 18.1 Å². The van der Waals surface area contributed by atoms with E-state index in [0.29, 0.717) is 10.8 Å². The van der Waals surface area contributed by atoms with Crippen LogP contribution >= 0.6 is 11.6 Å². The second kappa shape index (κ2) is 8.22. The van der Waals surface area contributed by atoms with E-state index in [0.717, 1.165) is 30.4 Å². The summed E-state index contributed by atoms with van der Waals surface area (Å²) >= 11 is 5.91. The van der Waals surface area contributed by atoms with Gasteiger partial charge in [-0.3, -0.25) is 4.79 Å². The molecule has 0 spiro atoms. The first-order chi connectivity index (χ1) is 12.8. The van der Waals surface area contributed by atoms with Gasteiger partial charge in [0.05, 0.1) is 11.4 Å². The summed E-state index contributed by atoms with van der Waals surface area (Å²) in [4.78, 5) is 15.3. The summed E-state index contributed by atoms with van der Waals surface area (Å²) in [5.74, 6) is 1.18. The highest BCUT2D eigenvalue weighted by Crippen LogP contribution is 2.31. The summed E-state index contributed by atoms with van der Waals surface area (Å²) in [6.45, 7) is 7.85. The maximum Gasteiger partial charge on any atom is 0.268 e. The molecule has 1 heterocycles. The number of anilines is 2. The molecule has 1 saturated heterocycles. The Morgan fingerprint density at radius 1 is 1.11 bits per heavy atom. The Morgan fingerprint density at radius 3 is 2.41 bits per heavy atom. The molecule has 0 bridgehead atoms. The van der Waals surface area contributed by atoms with E-state index in [1.165, 1.54) is 12.8 Å². The molecule has 0 aromatic heterocycles. The lowest BCUT2D eigenvalue weighted by Crippen LogP contribution is -2.43. The van der Waals surface area contributed by atoms with Crippen molar-refractivity contribution in [2.75, 3.05) is 23.3 Å². The third-order valence-corrected chi connectivity index (χ3v) is 5.26. The molecule has 144 valence electrons. The molecule has 1 N–H and O–H groups in total. The molecule has 0 saturated carbocycles. The number of para-hydroxylation sites is 2. The van der Waals surface area contributed by atoms with Gasteiger partial charge in [-0.05, 0) is 69.0 Å². The summed E-state index contributed by atoms with van der Waals surface area (Å²) in [5, 5.41) is 3.69. The quantitative estimate of drug-likeness (QED) is 0.750. The molecule has 1 amide bonds. The average molecular weight is 387 g/mol. The Bertz CT molecular complexity index is 781. The van der Waals surface area contributed by atoms with Crippen molar-refractivity contribution >= 4 is 28.9 Å². The number of ether oxygens (including phenoxy) is 1. The fourth-order valence-electron chi connectivity index (χ4n) is 3.22. The van der Waals surface area contributed by atoms with Crippen molar-refractivity contribution in [1.82, 2.24) is 0 Å². The molecular formula is C22H27ClN2O2. The van der Waals surface area contributed by atoms with Crippen LogP contribution in [0.4, 0.5) is 11.4 Å². The van der Waals surface area contributed by atoms with E-state index >= 15 is 0 Å². The van der Waals surface area contributed by atoms with Crippen molar-refractivity contribution in [2.45, 2.75) is 39.2 Å². The zero-order valence-corrected chi connectivity index (χ0v) is 16.9. The Morgan fingerprint density at radius 2 is 1.74 bits per heavy atom. The molecule has 5 heteroatoms. The van der Waals surface area contributed by atoms with Crippen LogP contribution in [0, 0.1) is 5.92 Å². The van der Waals surface area contributed by atoms with Gasteiger partial charge in [-0.2, -0.15) is 0 Å². The second-order valence-corrected chi connectivity index (χ2v) is 8.14. The summed E-state index contributed by atoms with van der Waals surface area (Å²) in [6, 6.07) is 15.0. The molecule has 2 aromatic carbocycles. The Kier molecular flexibility index (Phi) is 5.95. The number of amides is 1. The third kappa shape index (κ3) is 4.95. The van der Waals surface area contributed by atoms with Crippen molar-refractivity contribution in [3.05, 3.63) is 53.6 Å². The van der Waals surface area contributed by atoms with Crippen LogP contribution in [0.3, 0.4) is 0 Å². The molecule has 0 atom stereocenters. The topological polar surface area (TPSA) is 41.6 Å². The van der Waals surface area contributed by atoms with Gasteiger partial charge in [0.25, 0.3) is 5.91 Å². The molecule has 0 radical (unpaired) electrons. The Balaban J connectivity index is 1.72. The first kappa shape index (κ1) is 19.6. The molecule has 1 aliphatic heterocycles. The van der Waals surface area contributed by atoms with Crippen LogP contribution in [0.1, 0.15) is 33.6 Å². The predicted molar refractivity (Wildman–Crippen MR) is 112 cm³/mol. The minimum absolute atomic E-state index is 0.185. The van der Waals surface area contributed by atoms with Gasteiger partial charge < -0.3 is 15.0 Å². The van der Waals surface area contributed by atoms with Gasteiger partial charge in [0.15, 0.2) is 5.60 Å². The van der Waals surface area contributed by atoms with Gasteiger partial charge in [-0.25, -0.2) is 0 Å². The monoisotopic (exact) mass is 386 g/mol. The summed E-state index contributed by atoms with van der Waals surface area (Å²) in [6.07, 6.45) is 2.35. The van der Waals surface area contributed by atoms with Crippen LogP contribution in [0.25, 0.3) is 0 Å². The number of piperidine rings is 1. The third-order valence-electron chi connectivity index (χ3n) is 5.01. The van der Waals surface area contributed by atoms with Crippen molar-refractivity contribution < 1.29 is 9.53 Å². The number of nitrogens with one attached hydrogen (secondary N) is 1. The maximum atomic E-state index is 12.9. The van der Waals surface area contributed by atoms with Crippen LogP contribution in [-0.2, 0) is 4.79 Å². The van der Waals surface area contributed by atoms with E-state index in [9.17, 15) is 4.79 Å². The fraction of sp³-hybridized carbons (Fsp3) is 0.409. The van der Waals surface area contributed by atoms with Crippen LogP contribution in [-0.4, -0.2) is 24.6 Å². The Labute approximate surface area is 166 Å². The lowest BCUT2D eigenvalue weighted by atomic mass is 9.98. The number of hydrogen-bond donors (Lipinski definition) is 1. The first-order valence-corrected chi connectivity index (χ1v) is 9.83. The normalized spacial score (nSPS) is 15.5. The number of benzene rings is 2. The predicted octanol–water partition coefficient (Wildman–Crippen LogP) is 5.37. The van der Waals surface area contributed by atoms with Gasteiger partial charge in [0.2, 0.25) is 0 Å². The highest BCUT2D eigenvalue weighted by atomic mass is 35.5. The van der Waals surface area contributed by atoms with E-state index in [1.807, 2.05) is 18.2 Å². The SMILES string of the molecule is CC1CCN(c2ccccc2NC(=O)C(C)(C)Oc2ccc(Cl)cc2)CC1. The van der Waals surface area contributed by atoms with Crippen LogP contribution in [0.5, 0.6) is 5.75 Å². The van der Waals surface area contributed by atoms with Crippen molar-refractivity contribution in [1.29, 1.82) is 0 Å². The van der Waals surface area contributed by atoms with E-state index < -0.39 is 5.60 Å². The largest absolute Gasteiger partial charge is 0.478 e. The molecule has 27 heavy (non-hydrogen) atoms. The minimum atomic E-state index is -1.02. The summed E-state index contributed by atoms with van der Waals surface area (Å²) in [7, 11) is 0. The van der Waals surface area contributed by atoms with Crippen LogP contribution in [0.2, 0.25) is 5.02 Å². The number of nitrogens with zero attached hydrogens (tertiary/aromatic N) is 1. The molecule has 1 fully saturated rings. The molecular weight excluding hydrogens is 360 g/mol. The summed E-state index contributed by atoms with van der Waals surface area (Å²) < 4.78 is 5.91. The lowest BCUT2D eigenvalue weighted by molar-refractivity contribution is -0.128. The van der Waals surface area contributed by atoms with E-state index in [1.54, 1.807) is 38.1 Å². The number of halogens is 1. The van der Waals surface area contributed by atoms with Gasteiger partial charge in [-0.1, -0.05) is 30.7 Å². The number of rotatable bonds is 5. The van der Waals surface area contributed by atoms with Crippen molar-refractivity contribution in [3.63, 3.8) is 0 Å². The number of hydrogen-bond acceptors (Lipinski definition) is 3. The minimum Gasteiger partial charge on any atom is -0.478 e. The highest BCUT2D eigenvalue weighted by molar-refractivity contribution is 6.30. The second-order valence-electron chi connectivity index (χ2n) is 7.71. The molecule has 3 rings (SSSR count). The van der Waals surface area contributed by atoms with Gasteiger partial charge in [0.1, 0.15) is 5.75 Å². The van der Waals surface area contributed by atoms with Gasteiger partial charge in [-0.15, -0.1) is 0 Å². The number of carbonyl (C=O) groups is 1. The van der Waals surface area contributed by atoms with Crippen molar-refractivity contribution in [3.8, 4) is 5.75 Å². The zero-order valence-electron chi connectivity index (χ0n) is 16.2. The average Bonchev–Trinajstić information content (AvgIpc) is 2.65. The molecule has 2 aromatic rings. The smallest absolute Gasteiger partial charge is 0.268 e. The lowest BCUT2D eigenvalue weighted by Gasteiger charge is -2.34. The van der Waals surface area contributed by atoms with Gasteiger partial charge >= 0.3 is 0 Å². The van der Waals surface area contributed by atoms with Crippen LogP contribution in [0.15, 0.2) is 48.5 Å². The zero-order chi connectivity index (χ0) is 19.4. The molecule has 0 aliphatic carbocycles.